The van der Waals surface area contributed by atoms with Crippen molar-refractivity contribution in [2.45, 2.75) is 58.2 Å². The molecule has 0 N–H and O–H groups in total. The van der Waals surface area contributed by atoms with Crippen molar-refractivity contribution in [3.63, 3.8) is 0 Å². The summed E-state index contributed by atoms with van der Waals surface area (Å²) in [6, 6.07) is 7.55. The van der Waals surface area contributed by atoms with Gasteiger partial charge in [-0.15, -0.1) is 0 Å². The number of nitrogens with zero attached hydrogens (tertiary/aromatic N) is 3. The molecule has 1 aromatic carbocycles. The van der Waals surface area contributed by atoms with Crippen LogP contribution >= 0.6 is 11.6 Å². The highest BCUT2D eigenvalue weighted by Crippen LogP contribution is 2.43. The summed E-state index contributed by atoms with van der Waals surface area (Å²) in [5.74, 6) is -1.39. The van der Waals surface area contributed by atoms with E-state index in [0.29, 0.717) is 11.9 Å². The Hall–Kier alpha value is -1.82. The third-order valence-electron chi connectivity index (χ3n) is 5.32. The number of imidazole rings is 1. The minimum absolute atomic E-state index is 0.0371. The van der Waals surface area contributed by atoms with Crippen LogP contribution in [0.15, 0.2) is 30.5 Å². The Labute approximate surface area is 161 Å². The Morgan fingerprint density at radius 1 is 1.15 bits per heavy atom. The van der Waals surface area contributed by atoms with Crippen LogP contribution in [-0.2, 0) is 5.54 Å². The lowest BCUT2D eigenvalue weighted by Gasteiger charge is -2.36. The van der Waals surface area contributed by atoms with Crippen LogP contribution in [0.4, 0.5) is 13.2 Å². The molecule has 0 aliphatic rings. The molecule has 3 rings (SSSR count). The van der Waals surface area contributed by atoms with E-state index in [2.05, 4.69) is 9.97 Å². The fourth-order valence-corrected chi connectivity index (χ4v) is 4.41. The maximum absolute atomic E-state index is 13.5. The number of aromatic nitrogens is 3. The van der Waals surface area contributed by atoms with Gasteiger partial charge in [-0.1, -0.05) is 38.5 Å². The van der Waals surface area contributed by atoms with E-state index in [0.717, 1.165) is 22.8 Å². The monoisotopic (exact) mass is 397 g/mol. The summed E-state index contributed by atoms with van der Waals surface area (Å²) >= 11 is 6.47. The second-order valence-electron chi connectivity index (χ2n) is 7.32. The van der Waals surface area contributed by atoms with Gasteiger partial charge in [0.05, 0.1) is 23.1 Å². The number of hydrogen-bond donors (Lipinski definition) is 0. The molecule has 0 amide bonds. The molecule has 0 spiro atoms. The van der Waals surface area contributed by atoms with Crippen molar-refractivity contribution in [3.05, 3.63) is 35.7 Å². The van der Waals surface area contributed by atoms with Crippen molar-refractivity contribution in [1.29, 1.82) is 0 Å². The van der Waals surface area contributed by atoms with Gasteiger partial charge in [0.2, 0.25) is 5.28 Å². The molecule has 0 aliphatic heterocycles. The van der Waals surface area contributed by atoms with Crippen molar-refractivity contribution < 1.29 is 13.2 Å². The minimum atomic E-state index is -4.24. The van der Waals surface area contributed by atoms with Gasteiger partial charge in [0.15, 0.2) is 0 Å². The summed E-state index contributed by atoms with van der Waals surface area (Å²) in [6.45, 7) is 5.41. The van der Waals surface area contributed by atoms with E-state index in [1.165, 1.54) is 0 Å². The minimum Gasteiger partial charge on any atom is -0.308 e. The first-order valence-corrected chi connectivity index (χ1v) is 9.58. The Balaban J connectivity index is 2.25. The Kier molecular flexibility index (Phi) is 5.39. The first kappa shape index (κ1) is 19.9. The molecular weight excluding hydrogens is 375 g/mol. The SMILES string of the molecule is CCCC(C)(CC(CC)C(F)(F)F)n1c(Cl)nc2cnc3ccccc3c21. The van der Waals surface area contributed by atoms with Crippen molar-refractivity contribution in [2.75, 3.05) is 0 Å². The second kappa shape index (κ2) is 7.30. The maximum atomic E-state index is 13.5. The summed E-state index contributed by atoms with van der Waals surface area (Å²) in [5.41, 5.74) is 1.31. The zero-order chi connectivity index (χ0) is 19.8. The van der Waals surface area contributed by atoms with E-state index in [9.17, 15) is 13.2 Å². The third kappa shape index (κ3) is 3.64. The molecule has 0 saturated heterocycles. The van der Waals surface area contributed by atoms with Crippen LogP contribution in [0, 0.1) is 5.92 Å². The van der Waals surface area contributed by atoms with Gasteiger partial charge in [-0.3, -0.25) is 4.98 Å². The smallest absolute Gasteiger partial charge is 0.308 e. The maximum Gasteiger partial charge on any atom is 0.391 e. The van der Waals surface area contributed by atoms with Gasteiger partial charge in [-0.2, -0.15) is 13.2 Å². The van der Waals surface area contributed by atoms with Gasteiger partial charge in [-0.25, -0.2) is 4.98 Å². The summed E-state index contributed by atoms with van der Waals surface area (Å²) < 4.78 is 42.4. The quantitative estimate of drug-likeness (QED) is 0.461. The molecule has 146 valence electrons. The van der Waals surface area contributed by atoms with Crippen LogP contribution in [-0.4, -0.2) is 20.7 Å². The lowest BCUT2D eigenvalue weighted by molar-refractivity contribution is -0.183. The van der Waals surface area contributed by atoms with E-state index in [-0.39, 0.29) is 18.1 Å². The fraction of sp³-hybridized carbons (Fsp3) is 0.500. The highest BCUT2D eigenvalue weighted by atomic mass is 35.5. The highest BCUT2D eigenvalue weighted by molar-refractivity contribution is 6.29. The fourth-order valence-electron chi connectivity index (χ4n) is 4.03. The average molecular weight is 398 g/mol. The number of hydrogen-bond acceptors (Lipinski definition) is 2. The van der Waals surface area contributed by atoms with Gasteiger partial charge in [0, 0.05) is 10.9 Å². The first-order valence-electron chi connectivity index (χ1n) is 9.20. The van der Waals surface area contributed by atoms with Crippen LogP contribution in [0.3, 0.4) is 0 Å². The Morgan fingerprint density at radius 2 is 1.85 bits per heavy atom. The number of halogens is 4. The third-order valence-corrected chi connectivity index (χ3v) is 5.57. The molecule has 0 radical (unpaired) electrons. The lowest BCUT2D eigenvalue weighted by Crippen LogP contribution is -2.37. The summed E-state index contributed by atoms with van der Waals surface area (Å²) in [7, 11) is 0. The predicted molar refractivity (Wildman–Crippen MR) is 103 cm³/mol. The molecule has 2 atom stereocenters. The van der Waals surface area contributed by atoms with E-state index < -0.39 is 17.6 Å². The molecule has 0 bridgehead atoms. The number of rotatable bonds is 6. The molecule has 2 heterocycles. The first-order chi connectivity index (χ1) is 12.7. The zero-order valence-corrected chi connectivity index (χ0v) is 16.4. The molecule has 3 aromatic rings. The van der Waals surface area contributed by atoms with Gasteiger partial charge >= 0.3 is 6.18 Å². The van der Waals surface area contributed by atoms with E-state index in [1.54, 1.807) is 17.7 Å². The summed E-state index contributed by atoms with van der Waals surface area (Å²) in [4.78, 5) is 8.79. The normalized spacial score (nSPS) is 16.0. The number of benzene rings is 1. The van der Waals surface area contributed by atoms with Crippen LogP contribution in [0.25, 0.3) is 21.9 Å². The number of fused-ring (bicyclic) bond motifs is 3. The van der Waals surface area contributed by atoms with Crippen LogP contribution in [0.5, 0.6) is 0 Å². The van der Waals surface area contributed by atoms with Crippen molar-refractivity contribution >= 4 is 33.5 Å². The predicted octanol–water partition coefficient (Wildman–Crippen LogP) is 6.73. The standard InChI is InChI=1S/C20H23ClF3N3/c1-4-10-19(3,11-13(5-2)20(22,23)24)27-17-14-8-6-7-9-15(14)25-12-16(17)26-18(27)21/h6-9,12-13H,4-5,10-11H2,1-3H3. The van der Waals surface area contributed by atoms with E-state index >= 15 is 0 Å². The Morgan fingerprint density at radius 3 is 2.48 bits per heavy atom. The average Bonchev–Trinajstić information content (AvgIpc) is 2.96. The van der Waals surface area contributed by atoms with Crippen LogP contribution in [0.2, 0.25) is 5.28 Å². The molecule has 2 unspecified atom stereocenters. The largest absolute Gasteiger partial charge is 0.391 e. The summed E-state index contributed by atoms with van der Waals surface area (Å²) in [5, 5.41) is 1.05. The number of alkyl halides is 3. The summed E-state index contributed by atoms with van der Waals surface area (Å²) in [6.07, 6.45) is -1.30. The molecule has 7 heteroatoms. The van der Waals surface area contributed by atoms with E-state index in [1.807, 2.05) is 38.1 Å². The molecule has 27 heavy (non-hydrogen) atoms. The number of pyridine rings is 1. The van der Waals surface area contributed by atoms with Gasteiger partial charge in [0.25, 0.3) is 0 Å². The highest BCUT2D eigenvalue weighted by Gasteiger charge is 2.44. The van der Waals surface area contributed by atoms with Gasteiger partial charge < -0.3 is 4.57 Å². The number of para-hydroxylation sites is 1. The van der Waals surface area contributed by atoms with E-state index in [4.69, 9.17) is 11.6 Å². The van der Waals surface area contributed by atoms with Crippen molar-refractivity contribution in [1.82, 2.24) is 14.5 Å². The Bertz CT molecular complexity index is 951. The molecule has 2 aromatic heterocycles. The second-order valence-corrected chi connectivity index (χ2v) is 7.66. The molecular formula is C20H23ClF3N3. The van der Waals surface area contributed by atoms with Crippen molar-refractivity contribution in [2.24, 2.45) is 5.92 Å². The van der Waals surface area contributed by atoms with Gasteiger partial charge in [-0.05, 0) is 43.9 Å². The molecule has 0 saturated carbocycles. The molecule has 3 nitrogen and oxygen atoms in total. The molecule has 0 fully saturated rings. The lowest BCUT2D eigenvalue weighted by atomic mass is 9.83. The molecule has 0 aliphatic carbocycles. The zero-order valence-electron chi connectivity index (χ0n) is 15.6. The van der Waals surface area contributed by atoms with Crippen molar-refractivity contribution in [3.8, 4) is 0 Å². The topological polar surface area (TPSA) is 30.7 Å². The van der Waals surface area contributed by atoms with Crippen LogP contribution < -0.4 is 0 Å². The van der Waals surface area contributed by atoms with Crippen LogP contribution in [0.1, 0.15) is 46.5 Å². The van der Waals surface area contributed by atoms with Gasteiger partial charge in [0.1, 0.15) is 5.52 Å².